The van der Waals surface area contributed by atoms with E-state index in [0.29, 0.717) is 11.8 Å². The molecule has 0 unspecified atom stereocenters. The Morgan fingerprint density at radius 3 is 0.775 bits per heavy atom. The van der Waals surface area contributed by atoms with Crippen LogP contribution in [0.15, 0.2) is 249 Å². The molecule has 0 aliphatic heterocycles. The second-order valence-electron chi connectivity index (χ2n) is 19.6. The molecule has 0 saturated heterocycles. The van der Waals surface area contributed by atoms with Crippen molar-refractivity contribution in [1.29, 1.82) is 0 Å². The molecule has 10 aromatic carbocycles. The number of anilines is 6. The second-order valence-corrected chi connectivity index (χ2v) is 19.6. The molecule has 0 amide bonds. The predicted octanol–water partition coefficient (Wildman–Crippen LogP) is 20.3. The fourth-order valence-electron chi connectivity index (χ4n) is 9.67. The summed E-state index contributed by atoms with van der Waals surface area (Å²) in [5, 5.41) is 0. The van der Waals surface area contributed by atoms with Gasteiger partial charge in [-0.3, -0.25) is 0 Å². The van der Waals surface area contributed by atoms with Crippen molar-refractivity contribution < 1.29 is 0 Å². The highest BCUT2D eigenvalue weighted by Gasteiger charge is 2.20. The van der Waals surface area contributed by atoms with E-state index < -0.39 is 0 Å². The third-order valence-electron chi connectivity index (χ3n) is 13.9. The van der Waals surface area contributed by atoms with Crippen LogP contribution >= 0.6 is 0 Å². The zero-order chi connectivity index (χ0) is 48.8. The van der Waals surface area contributed by atoms with Gasteiger partial charge in [0.1, 0.15) is 0 Å². The first-order valence-electron chi connectivity index (χ1n) is 25.2. The molecule has 0 atom stereocenters. The third-order valence-corrected chi connectivity index (χ3v) is 13.9. The average molecular weight is 919 g/mol. The third kappa shape index (κ3) is 10.3. The van der Waals surface area contributed by atoms with Crippen LogP contribution in [-0.2, 0) is 0 Å². The maximum absolute atomic E-state index is 2.43. The van der Waals surface area contributed by atoms with Gasteiger partial charge in [-0.2, -0.15) is 0 Å². The second kappa shape index (κ2) is 20.8. The van der Waals surface area contributed by atoms with Gasteiger partial charge in [-0.1, -0.05) is 217 Å². The first-order valence-corrected chi connectivity index (χ1v) is 25.2. The summed E-state index contributed by atoms with van der Waals surface area (Å²) in [6.07, 6.45) is 0. The summed E-state index contributed by atoms with van der Waals surface area (Å²) in [6.45, 7) is 13.6. The van der Waals surface area contributed by atoms with E-state index in [2.05, 4.69) is 300 Å². The van der Waals surface area contributed by atoms with Crippen molar-refractivity contribution >= 4 is 34.1 Å². The molecular weight excluding hydrogens is 857 g/mol. The van der Waals surface area contributed by atoms with Crippen LogP contribution < -0.4 is 9.80 Å². The van der Waals surface area contributed by atoms with Crippen LogP contribution in [0.5, 0.6) is 0 Å². The van der Waals surface area contributed by atoms with Gasteiger partial charge in [0.05, 0.1) is 0 Å². The molecule has 10 aromatic rings. The molecule has 0 heterocycles. The lowest BCUT2D eigenvalue weighted by molar-refractivity contribution is 0.865. The van der Waals surface area contributed by atoms with Crippen LogP contribution in [-0.4, -0.2) is 0 Å². The van der Waals surface area contributed by atoms with Crippen LogP contribution in [0, 0.1) is 0 Å². The fourth-order valence-corrected chi connectivity index (χ4v) is 9.67. The van der Waals surface area contributed by atoms with Gasteiger partial charge in [0, 0.05) is 34.1 Å². The molecule has 71 heavy (non-hydrogen) atoms. The van der Waals surface area contributed by atoms with Crippen molar-refractivity contribution in [2.45, 2.75) is 59.3 Å². The normalized spacial score (nSPS) is 11.3. The SMILES string of the molecule is CC(C)c1ccc(-c2ccc(N(c3ccc(-c4ccccc4)cc3)c3ccc(-c4ccc(N(c5ccc(-c6ccccc6)cc5)c5ccc(-c6ccc(C(C)C)cc6)cc5)c(C(C)C)c4)cc3)cc2)cc1. The highest BCUT2D eigenvalue weighted by atomic mass is 15.1. The molecule has 348 valence electrons. The molecule has 0 aliphatic rings. The van der Waals surface area contributed by atoms with Gasteiger partial charge in [-0.05, 0) is 163 Å². The first kappa shape index (κ1) is 46.5. The minimum absolute atomic E-state index is 0.263. The fraction of sp³-hybridized carbons (Fsp3) is 0.130. The molecule has 2 heteroatoms. The Morgan fingerprint density at radius 1 is 0.225 bits per heavy atom. The summed E-state index contributed by atoms with van der Waals surface area (Å²) in [4.78, 5) is 4.79. The van der Waals surface area contributed by atoms with Crippen molar-refractivity contribution in [1.82, 2.24) is 0 Å². The first-order chi connectivity index (χ1) is 34.7. The summed E-state index contributed by atoms with van der Waals surface area (Å²) in [5.74, 6) is 1.27. The number of hydrogen-bond acceptors (Lipinski definition) is 2. The number of rotatable bonds is 14. The Kier molecular flexibility index (Phi) is 13.6. The maximum atomic E-state index is 2.43. The lowest BCUT2D eigenvalue weighted by atomic mass is 9.94. The van der Waals surface area contributed by atoms with Crippen LogP contribution in [0.3, 0.4) is 0 Å². The van der Waals surface area contributed by atoms with E-state index in [1.54, 1.807) is 0 Å². The molecule has 0 saturated carbocycles. The Morgan fingerprint density at radius 2 is 0.479 bits per heavy atom. The van der Waals surface area contributed by atoms with Crippen LogP contribution in [0.4, 0.5) is 34.1 Å². The minimum atomic E-state index is 0.263. The van der Waals surface area contributed by atoms with Gasteiger partial charge in [0.25, 0.3) is 0 Å². The van der Waals surface area contributed by atoms with E-state index in [4.69, 9.17) is 0 Å². The van der Waals surface area contributed by atoms with Crippen molar-refractivity contribution in [2.24, 2.45) is 0 Å². The Balaban J connectivity index is 0.995. The minimum Gasteiger partial charge on any atom is -0.311 e. The Hall–Kier alpha value is -8.20. The number of hydrogen-bond donors (Lipinski definition) is 0. The van der Waals surface area contributed by atoms with E-state index in [1.165, 1.54) is 78.0 Å². The van der Waals surface area contributed by atoms with Gasteiger partial charge in [0.2, 0.25) is 0 Å². The molecule has 0 aliphatic carbocycles. The van der Waals surface area contributed by atoms with Crippen molar-refractivity contribution in [2.75, 3.05) is 9.80 Å². The van der Waals surface area contributed by atoms with E-state index >= 15 is 0 Å². The van der Waals surface area contributed by atoms with Crippen LogP contribution in [0.1, 0.15) is 76.0 Å². The Labute approximate surface area is 422 Å². The van der Waals surface area contributed by atoms with E-state index in [-0.39, 0.29) is 5.92 Å². The van der Waals surface area contributed by atoms with Crippen molar-refractivity contribution in [3.8, 4) is 55.6 Å². The van der Waals surface area contributed by atoms with Gasteiger partial charge >= 0.3 is 0 Å². The zero-order valence-electron chi connectivity index (χ0n) is 41.8. The van der Waals surface area contributed by atoms with Gasteiger partial charge in [-0.25, -0.2) is 0 Å². The standard InChI is InChI=1S/C69H62N2/c1-48(2)51-17-21-55(22-18-51)59-27-38-64(39-28-59)70(63-36-25-57(26-37-63)53-13-9-7-10-14-53)65-40-33-61(34-41-65)62-35-46-69(68(47-62)50(5)6)71(66-42-29-58(30-43-66)54-15-11-8-12-16-54)67-44-31-60(32-45-67)56-23-19-52(20-24-56)49(3)4/h7-50H,1-6H3. The van der Waals surface area contributed by atoms with Gasteiger partial charge in [0.15, 0.2) is 0 Å². The molecular formula is C69H62N2. The van der Waals surface area contributed by atoms with Gasteiger partial charge in [-0.15, -0.1) is 0 Å². The smallest absolute Gasteiger partial charge is 0.0496 e. The lowest BCUT2D eigenvalue weighted by Crippen LogP contribution is -2.13. The molecule has 2 nitrogen and oxygen atoms in total. The molecule has 0 N–H and O–H groups in total. The molecule has 0 fully saturated rings. The largest absolute Gasteiger partial charge is 0.311 e. The predicted molar refractivity (Wildman–Crippen MR) is 305 cm³/mol. The average Bonchev–Trinajstić information content (AvgIpc) is 3.42. The molecule has 0 radical (unpaired) electrons. The topological polar surface area (TPSA) is 6.48 Å². The summed E-state index contributed by atoms with van der Waals surface area (Å²) < 4.78 is 0. The summed E-state index contributed by atoms with van der Waals surface area (Å²) >= 11 is 0. The van der Waals surface area contributed by atoms with Crippen LogP contribution in [0.2, 0.25) is 0 Å². The number of nitrogens with zero attached hydrogens (tertiary/aromatic N) is 2. The van der Waals surface area contributed by atoms with Crippen molar-refractivity contribution in [3.05, 3.63) is 265 Å². The van der Waals surface area contributed by atoms with E-state index in [0.717, 1.165) is 28.4 Å². The highest BCUT2D eigenvalue weighted by molar-refractivity contribution is 5.85. The summed E-state index contributed by atoms with van der Waals surface area (Å²) in [5.41, 5.74) is 22.7. The van der Waals surface area contributed by atoms with E-state index in [9.17, 15) is 0 Å². The Bertz CT molecular complexity index is 3300. The molecule has 10 rings (SSSR count). The molecule has 0 spiro atoms. The number of benzene rings is 10. The molecule has 0 aromatic heterocycles. The highest BCUT2D eigenvalue weighted by Crippen LogP contribution is 2.43. The van der Waals surface area contributed by atoms with E-state index in [1.807, 2.05) is 0 Å². The van der Waals surface area contributed by atoms with Gasteiger partial charge < -0.3 is 9.80 Å². The van der Waals surface area contributed by atoms with Crippen molar-refractivity contribution in [3.63, 3.8) is 0 Å². The lowest BCUT2D eigenvalue weighted by Gasteiger charge is -2.30. The summed E-state index contributed by atoms with van der Waals surface area (Å²) in [6, 6.07) is 91.3. The maximum Gasteiger partial charge on any atom is 0.0496 e. The quantitative estimate of drug-likeness (QED) is 0.107. The molecule has 0 bridgehead atoms. The van der Waals surface area contributed by atoms with Crippen LogP contribution in [0.25, 0.3) is 55.6 Å². The zero-order valence-corrected chi connectivity index (χ0v) is 41.8. The summed E-state index contributed by atoms with van der Waals surface area (Å²) in [7, 11) is 0. The monoisotopic (exact) mass is 918 g/mol.